The van der Waals surface area contributed by atoms with Crippen molar-refractivity contribution < 1.29 is 14.4 Å². The molecule has 1 aromatic heterocycles. The Hall–Kier alpha value is -3.28. The van der Waals surface area contributed by atoms with Crippen molar-refractivity contribution >= 4 is 17.7 Å². The van der Waals surface area contributed by atoms with E-state index >= 15 is 0 Å². The summed E-state index contributed by atoms with van der Waals surface area (Å²) in [7, 11) is 0. The Kier molecular flexibility index (Phi) is 4.32. The van der Waals surface area contributed by atoms with Crippen molar-refractivity contribution in [2.24, 2.45) is 0 Å². The zero-order valence-corrected chi connectivity index (χ0v) is 14.9. The first-order chi connectivity index (χ1) is 13.1. The molecule has 0 spiro atoms. The predicted molar refractivity (Wildman–Crippen MR) is 98.9 cm³/mol. The SMILES string of the molecule is C[C@@H](C(=O)N1CC=CC[C@H]1c1cccnc1)N1C(=O)c2ccccc2C1=O. The smallest absolute Gasteiger partial charge is 0.262 e. The molecule has 0 saturated carbocycles. The Morgan fingerprint density at radius 1 is 1.07 bits per heavy atom. The average Bonchev–Trinajstić information content (AvgIpc) is 2.98. The lowest BCUT2D eigenvalue weighted by Crippen LogP contribution is -2.50. The molecule has 0 saturated heterocycles. The van der Waals surface area contributed by atoms with Gasteiger partial charge in [0.25, 0.3) is 11.8 Å². The normalized spacial score (nSPS) is 20.0. The third-order valence-electron chi connectivity index (χ3n) is 5.13. The average molecular weight is 361 g/mol. The van der Waals surface area contributed by atoms with E-state index in [1.807, 2.05) is 24.3 Å². The fourth-order valence-electron chi connectivity index (χ4n) is 3.71. The van der Waals surface area contributed by atoms with Gasteiger partial charge in [0.2, 0.25) is 5.91 Å². The third kappa shape index (κ3) is 2.83. The van der Waals surface area contributed by atoms with Crippen LogP contribution < -0.4 is 0 Å². The summed E-state index contributed by atoms with van der Waals surface area (Å²) in [6, 6.07) is 9.41. The van der Waals surface area contributed by atoms with E-state index in [4.69, 9.17) is 0 Å². The summed E-state index contributed by atoms with van der Waals surface area (Å²) in [4.78, 5) is 45.6. The number of pyridine rings is 1. The number of benzene rings is 1. The number of imide groups is 1. The van der Waals surface area contributed by atoms with Gasteiger partial charge in [0.1, 0.15) is 6.04 Å². The van der Waals surface area contributed by atoms with Crippen LogP contribution in [0.25, 0.3) is 0 Å². The Morgan fingerprint density at radius 3 is 2.41 bits per heavy atom. The van der Waals surface area contributed by atoms with Crippen LogP contribution in [0.1, 0.15) is 45.7 Å². The molecule has 2 atom stereocenters. The monoisotopic (exact) mass is 361 g/mol. The Balaban J connectivity index is 1.61. The van der Waals surface area contributed by atoms with E-state index in [0.717, 1.165) is 10.5 Å². The lowest BCUT2D eigenvalue weighted by atomic mass is 9.99. The van der Waals surface area contributed by atoms with Crippen LogP contribution in [0, 0.1) is 0 Å². The van der Waals surface area contributed by atoms with Gasteiger partial charge in [-0.05, 0) is 37.1 Å². The molecule has 0 radical (unpaired) electrons. The number of hydrogen-bond donors (Lipinski definition) is 0. The second kappa shape index (κ2) is 6.79. The number of amides is 3. The van der Waals surface area contributed by atoms with E-state index in [1.54, 1.807) is 48.5 Å². The van der Waals surface area contributed by atoms with Crippen molar-refractivity contribution in [1.82, 2.24) is 14.8 Å². The van der Waals surface area contributed by atoms with Gasteiger partial charge >= 0.3 is 0 Å². The molecule has 2 aliphatic heterocycles. The van der Waals surface area contributed by atoms with Gasteiger partial charge in [-0.1, -0.05) is 30.4 Å². The second-order valence-corrected chi connectivity index (χ2v) is 6.70. The molecular weight excluding hydrogens is 342 g/mol. The number of nitrogens with zero attached hydrogens (tertiary/aromatic N) is 3. The van der Waals surface area contributed by atoms with E-state index in [1.165, 1.54) is 0 Å². The molecular formula is C21H19N3O3. The Labute approximate surface area is 157 Å². The molecule has 136 valence electrons. The standard InChI is InChI=1S/C21H19N3O3/c1-14(24-20(26)16-8-2-3-9-17(16)21(24)27)19(25)23-12-5-4-10-18(23)15-7-6-11-22-13-15/h2-9,11,13-14,18H,10,12H2,1H3/t14-,18-/m0/s1. The molecule has 1 aromatic carbocycles. The molecule has 0 N–H and O–H groups in total. The van der Waals surface area contributed by atoms with Crippen LogP contribution in [0.15, 0.2) is 60.9 Å². The summed E-state index contributed by atoms with van der Waals surface area (Å²) >= 11 is 0. The van der Waals surface area contributed by atoms with Crippen LogP contribution in [0.2, 0.25) is 0 Å². The summed E-state index contributed by atoms with van der Waals surface area (Å²) in [5, 5.41) is 0. The highest BCUT2D eigenvalue weighted by Gasteiger charge is 2.42. The molecule has 3 heterocycles. The maximum absolute atomic E-state index is 13.2. The van der Waals surface area contributed by atoms with Gasteiger partial charge in [-0.3, -0.25) is 24.3 Å². The number of hydrogen-bond acceptors (Lipinski definition) is 4. The van der Waals surface area contributed by atoms with E-state index in [9.17, 15) is 14.4 Å². The van der Waals surface area contributed by atoms with Crippen LogP contribution in [0.3, 0.4) is 0 Å². The molecule has 6 heteroatoms. The predicted octanol–water partition coefficient (Wildman–Crippen LogP) is 2.60. The van der Waals surface area contributed by atoms with Gasteiger partial charge < -0.3 is 4.90 Å². The largest absolute Gasteiger partial charge is 0.330 e. The summed E-state index contributed by atoms with van der Waals surface area (Å²) in [5.41, 5.74) is 1.64. The molecule has 4 rings (SSSR count). The maximum Gasteiger partial charge on any atom is 0.262 e. The fraction of sp³-hybridized carbons (Fsp3) is 0.238. The van der Waals surface area contributed by atoms with Crippen molar-refractivity contribution in [3.63, 3.8) is 0 Å². The molecule has 0 aliphatic carbocycles. The van der Waals surface area contributed by atoms with Crippen molar-refractivity contribution in [3.8, 4) is 0 Å². The third-order valence-corrected chi connectivity index (χ3v) is 5.13. The van der Waals surface area contributed by atoms with Gasteiger partial charge in [0.05, 0.1) is 17.2 Å². The van der Waals surface area contributed by atoms with Crippen LogP contribution in [0.4, 0.5) is 0 Å². The van der Waals surface area contributed by atoms with Gasteiger partial charge in [0, 0.05) is 18.9 Å². The van der Waals surface area contributed by atoms with E-state index in [0.29, 0.717) is 24.1 Å². The van der Waals surface area contributed by atoms with Gasteiger partial charge in [-0.2, -0.15) is 0 Å². The summed E-state index contributed by atoms with van der Waals surface area (Å²) in [6.45, 7) is 2.05. The Morgan fingerprint density at radius 2 is 1.78 bits per heavy atom. The topological polar surface area (TPSA) is 70.6 Å². The summed E-state index contributed by atoms with van der Waals surface area (Å²) in [5.74, 6) is -1.08. The summed E-state index contributed by atoms with van der Waals surface area (Å²) in [6.07, 6.45) is 8.08. The molecule has 0 fully saturated rings. The minimum Gasteiger partial charge on any atom is -0.330 e. The second-order valence-electron chi connectivity index (χ2n) is 6.70. The zero-order chi connectivity index (χ0) is 19.0. The van der Waals surface area contributed by atoms with Crippen LogP contribution in [-0.4, -0.2) is 45.1 Å². The van der Waals surface area contributed by atoms with Crippen molar-refractivity contribution in [2.45, 2.75) is 25.4 Å². The molecule has 0 bridgehead atoms. The van der Waals surface area contributed by atoms with E-state index < -0.39 is 17.9 Å². The number of aromatic nitrogens is 1. The fourth-order valence-corrected chi connectivity index (χ4v) is 3.71. The lowest BCUT2D eigenvalue weighted by molar-refractivity contribution is -0.137. The first kappa shape index (κ1) is 17.1. The van der Waals surface area contributed by atoms with Gasteiger partial charge in [-0.15, -0.1) is 0 Å². The quantitative estimate of drug-likeness (QED) is 0.622. The molecule has 27 heavy (non-hydrogen) atoms. The van der Waals surface area contributed by atoms with E-state index in [-0.39, 0.29) is 11.9 Å². The van der Waals surface area contributed by atoms with Crippen molar-refractivity contribution in [3.05, 3.63) is 77.6 Å². The number of fused-ring (bicyclic) bond motifs is 1. The number of rotatable bonds is 3. The first-order valence-corrected chi connectivity index (χ1v) is 8.92. The highest BCUT2D eigenvalue weighted by molar-refractivity contribution is 6.22. The molecule has 2 aliphatic rings. The van der Waals surface area contributed by atoms with Crippen LogP contribution >= 0.6 is 0 Å². The van der Waals surface area contributed by atoms with E-state index in [2.05, 4.69) is 4.98 Å². The lowest BCUT2D eigenvalue weighted by Gasteiger charge is -2.36. The minimum absolute atomic E-state index is 0.158. The minimum atomic E-state index is -0.872. The molecule has 2 aromatic rings. The Bertz CT molecular complexity index is 904. The molecule has 3 amide bonds. The summed E-state index contributed by atoms with van der Waals surface area (Å²) < 4.78 is 0. The van der Waals surface area contributed by atoms with Crippen molar-refractivity contribution in [1.29, 1.82) is 0 Å². The molecule has 0 unspecified atom stereocenters. The zero-order valence-electron chi connectivity index (χ0n) is 14.9. The first-order valence-electron chi connectivity index (χ1n) is 8.92. The maximum atomic E-state index is 13.2. The molecule has 6 nitrogen and oxygen atoms in total. The highest BCUT2D eigenvalue weighted by Crippen LogP contribution is 2.30. The number of carbonyl (C=O) groups is 3. The van der Waals surface area contributed by atoms with Crippen molar-refractivity contribution in [2.75, 3.05) is 6.54 Å². The number of carbonyl (C=O) groups excluding carboxylic acids is 3. The van der Waals surface area contributed by atoms with Gasteiger partial charge in [0.15, 0.2) is 0 Å². The van der Waals surface area contributed by atoms with Crippen LogP contribution in [-0.2, 0) is 4.79 Å². The van der Waals surface area contributed by atoms with Crippen LogP contribution in [0.5, 0.6) is 0 Å². The highest BCUT2D eigenvalue weighted by atomic mass is 16.2. The van der Waals surface area contributed by atoms with Gasteiger partial charge in [-0.25, -0.2) is 0 Å².